The molecule has 2 aliphatic rings. The summed E-state index contributed by atoms with van der Waals surface area (Å²) in [6.45, 7) is 9.88. The van der Waals surface area contributed by atoms with Gasteiger partial charge in [-0.25, -0.2) is 4.31 Å². The standard InChI is InChI=1S/C12H21N3OS/c1-2-17-15-8-7-14(11-16)12(10-15)9-13-5-3-4-6-13/h2,11-12H,1,3-10H2/t12-/m0/s1. The Bertz CT molecular complexity index is 268. The van der Waals surface area contributed by atoms with Gasteiger partial charge in [-0.1, -0.05) is 18.5 Å². The van der Waals surface area contributed by atoms with Crippen LogP contribution in [0.15, 0.2) is 12.0 Å². The number of amides is 1. The molecule has 4 nitrogen and oxygen atoms in total. The third kappa shape index (κ3) is 3.47. The maximum absolute atomic E-state index is 11.1. The Morgan fingerprint density at radius 3 is 2.65 bits per heavy atom. The first-order chi connectivity index (χ1) is 8.33. The van der Waals surface area contributed by atoms with E-state index in [1.54, 1.807) is 11.9 Å². The molecule has 0 unspecified atom stereocenters. The number of carbonyl (C=O) groups excluding carboxylic acids is 1. The Kier molecular flexibility index (Phi) is 4.88. The number of hydrogen-bond donors (Lipinski definition) is 0. The highest BCUT2D eigenvalue weighted by molar-refractivity contribution is 7.99. The Hall–Kier alpha value is -0.520. The second-order valence-corrected chi connectivity index (χ2v) is 5.73. The van der Waals surface area contributed by atoms with Gasteiger partial charge in [0.25, 0.3) is 0 Å². The third-order valence-electron chi connectivity index (χ3n) is 3.52. The molecule has 2 rings (SSSR count). The lowest BCUT2D eigenvalue weighted by Crippen LogP contribution is -2.54. The number of piperazine rings is 1. The summed E-state index contributed by atoms with van der Waals surface area (Å²) in [6.07, 6.45) is 3.62. The van der Waals surface area contributed by atoms with E-state index in [1.807, 2.05) is 10.3 Å². The van der Waals surface area contributed by atoms with Crippen molar-refractivity contribution >= 4 is 18.4 Å². The highest BCUT2D eigenvalue weighted by atomic mass is 32.2. The van der Waals surface area contributed by atoms with E-state index in [-0.39, 0.29) is 0 Å². The van der Waals surface area contributed by atoms with Gasteiger partial charge in [-0.05, 0) is 31.3 Å². The molecular weight excluding hydrogens is 234 g/mol. The van der Waals surface area contributed by atoms with Crippen molar-refractivity contribution < 1.29 is 4.79 Å². The predicted molar refractivity (Wildman–Crippen MR) is 71.6 cm³/mol. The summed E-state index contributed by atoms with van der Waals surface area (Å²) in [7, 11) is 0. The fraction of sp³-hybridized carbons (Fsp3) is 0.750. The summed E-state index contributed by atoms with van der Waals surface area (Å²) in [5, 5.41) is 1.86. The largest absolute Gasteiger partial charge is 0.338 e. The molecule has 0 aromatic heterocycles. The minimum absolute atomic E-state index is 0.340. The van der Waals surface area contributed by atoms with Gasteiger partial charge in [-0.15, -0.1) is 0 Å². The molecule has 0 spiro atoms. The topological polar surface area (TPSA) is 26.8 Å². The van der Waals surface area contributed by atoms with Crippen molar-refractivity contribution in [2.45, 2.75) is 18.9 Å². The summed E-state index contributed by atoms with van der Waals surface area (Å²) in [4.78, 5) is 15.5. The van der Waals surface area contributed by atoms with Gasteiger partial charge < -0.3 is 9.80 Å². The van der Waals surface area contributed by atoms with Gasteiger partial charge in [0.1, 0.15) is 0 Å². The molecule has 0 N–H and O–H groups in total. The third-order valence-corrected chi connectivity index (χ3v) is 4.30. The number of nitrogens with zero attached hydrogens (tertiary/aromatic N) is 3. The molecule has 5 heteroatoms. The Morgan fingerprint density at radius 2 is 2.00 bits per heavy atom. The van der Waals surface area contributed by atoms with E-state index in [4.69, 9.17) is 0 Å². The van der Waals surface area contributed by atoms with E-state index < -0.39 is 0 Å². The van der Waals surface area contributed by atoms with Crippen LogP contribution in [0.3, 0.4) is 0 Å². The van der Waals surface area contributed by atoms with E-state index in [0.717, 1.165) is 32.6 Å². The van der Waals surface area contributed by atoms with Crippen molar-refractivity contribution in [3.05, 3.63) is 12.0 Å². The quantitative estimate of drug-likeness (QED) is 0.541. The van der Waals surface area contributed by atoms with Gasteiger partial charge in [0.15, 0.2) is 0 Å². The van der Waals surface area contributed by atoms with E-state index in [9.17, 15) is 4.79 Å². The zero-order valence-electron chi connectivity index (χ0n) is 10.3. The van der Waals surface area contributed by atoms with Crippen molar-refractivity contribution in [2.24, 2.45) is 0 Å². The first-order valence-electron chi connectivity index (χ1n) is 6.29. The van der Waals surface area contributed by atoms with E-state index in [2.05, 4.69) is 15.8 Å². The first kappa shape index (κ1) is 12.9. The molecule has 0 radical (unpaired) electrons. The average molecular weight is 255 g/mol. The van der Waals surface area contributed by atoms with E-state index >= 15 is 0 Å². The summed E-state index contributed by atoms with van der Waals surface area (Å²) < 4.78 is 2.30. The molecule has 96 valence electrons. The van der Waals surface area contributed by atoms with Crippen molar-refractivity contribution in [3.8, 4) is 0 Å². The molecule has 0 saturated carbocycles. The van der Waals surface area contributed by atoms with Crippen LogP contribution in [0, 0.1) is 0 Å². The molecule has 0 aliphatic carbocycles. The Balaban J connectivity index is 1.89. The molecule has 1 amide bonds. The average Bonchev–Trinajstić information content (AvgIpc) is 2.83. The molecule has 2 saturated heterocycles. The first-order valence-corrected chi connectivity index (χ1v) is 7.13. The number of likely N-dealkylation sites (tertiary alicyclic amines) is 1. The molecule has 0 bridgehead atoms. The van der Waals surface area contributed by atoms with Crippen LogP contribution in [-0.2, 0) is 4.79 Å². The van der Waals surface area contributed by atoms with Gasteiger partial charge in [-0.2, -0.15) is 0 Å². The lowest BCUT2D eigenvalue weighted by Gasteiger charge is -2.40. The molecule has 17 heavy (non-hydrogen) atoms. The summed E-state index contributed by atoms with van der Waals surface area (Å²) in [5.41, 5.74) is 0. The highest BCUT2D eigenvalue weighted by Gasteiger charge is 2.28. The SMILES string of the molecule is C=CSN1CCN(C=O)[C@@H](CN2CCCC2)C1. The Labute approximate surface area is 108 Å². The minimum Gasteiger partial charge on any atom is -0.338 e. The van der Waals surface area contributed by atoms with Crippen LogP contribution in [0.1, 0.15) is 12.8 Å². The maximum Gasteiger partial charge on any atom is 0.210 e. The molecule has 2 aliphatic heterocycles. The fourth-order valence-electron chi connectivity index (χ4n) is 2.61. The van der Waals surface area contributed by atoms with Crippen LogP contribution in [0.5, 0.6) is 0 Å². The molecule has 1 atom stereocenters. The minimum atomic E-state index is 0.340. The van der Waals surface area contributed by atoms with Crippen molar-refractivity contribution in [2.75, 3.05) is 39.3 Å². The summed E-state index contributed by atoms with van der Waals surface area (Å²) >= 11 is 1.66. The van der Waals surface area contributed by atoms with E-state index in [0.29, 0.717) is 6.04 Å². The molecule has 0 aromatic carbocycles. The van der Waals surface area contributed by atoms with Crippen LogP contribution in [0.2, 0.25) is 0 Å². The van der Waals surface area contributed by atoms with Gasteiger partial charge in [0.05, 0.1) is 6.04 Å². The second-order valence-electron chi connectivity index (χ2n) is 4.66. The van der Waals surface area contributed by atoms with Gasteiger partial charge in [0, 0.05) is 26.2 Å². The lowest BCUT2D eigenvalue weighted by atomic mass is 10.2. The predicted octanol–water partition coefficient (Wildman–Crippen LogP) is 1.02. The number of carbonyl (C=O) groups is 1. The number of rotatable bonds is 5. The summed E-state index contributed by atoms with van der Waals surface area (Å²) in [5.74, 6) is 0. The summed E-state index contributed by atoms with van der Waals surface area (Å²) in [6, 6.07) is 0.340. The van der Waals surface area contributed by atoms with Crippen LogP contribution >= 0.6 is 11.9 Å². The van der Waals surface area contributed by atoms with Crippen LogP contribution in [-0.4, -0.2) is 65.8 Å². The zero-order valence-corrected chi connectivity index (χ0v) is 11.1. The zero-order chi connectivity index (χ0) is 12.1. The Morgan fingerprint density at radius 1 is 1.24 bits per heavy atom. The van der Waals surface area contributed by atoms with Crippen LogP contribution < -0.4 is 0 Å². The van der Waals surface area contributed by atoms with Crippen LogP contribution in [0.4, 0.5) is 0 Å². The highest BCUT2D eigenvalue weighted by Crippen LogP contribution is 2.19. The fourth-order valence-corrected chi connectivity index (χ4v) is 3.26. The van der Waals surface area contributed by atoms with Gasteiger partial charge in [-0.3, -0.25) is 4.79 Å². The number of hydrogen-bond acceptors (Lipinski definition) is 4. The smallest absolute Gasteiger partial charge is 0.210 e. The van der Waals surface area contributed by atoms with E-state index in [1.165, 1.54) is 25.9 Å². The van der Waals surface area contributed by atoms with Gasteiger partial charge >= 0.3 is 0 Å². The van der Waals surface area contributed by atoms with Gasteiger partial charge in [0.2, 0.25) is 6.41 Å². The van der Waals surface area contributed by atoms with Crippen molar-refractivity contribution in [1.82, 2.24) is 14.1 Å². The molecular formula is C12H21N3OS. The lowest BCUT2D eigenvalue weighted by molar-refractivity contribution is -0.122. The maximum atomic E-state index is 11.1. The van der Waals surface area contributed by atoms with Crippen molar-refractivity contribution in [3.63, 3.8) is 0 Å². The molecule has 0 aromatic rings. The monoisotopic (exact) mass is 255 g/mol. The second kappa shape index (κ2) is 6.42. The van der Waals surface area contributed by atoms with Crippen molar-refractivity contribution in [1.29, 1.82) is 0 Å². The normalized spacial score (nSPS) is 27.3. The molecule has 2 heterocycles. The molecule has 2 fully saturated rings. The van der Waals surface area contributed by atoms with Crippen LogP contribution in [0.25, 0.3) is 0 Å².